The van der Waals surface area contributed by atoms with Crippen LogP contribution in [0.15, 0.2) is 40.1 Å². The highest BCUT2D eigenvalue weighted by atomic mass is 16.6. The highest BCUT2D eigenvalue weighted by molar-refractivity contribution is 6.11. The van der Waals surface area contributed by atoms with E-state index in [1.807, 2.05) is 24.3 Å². The summed E-state index contributed by atoms with van der Waals surface area (Å²) >= 11 is 0. The first-order valence-electron chi connectivity index (χ1n) is 22.5. The standard InChI is InChI=1S/C48H62N2O13/c1-3-60-47(57)46-36(27-54)40(31-23-32(26-53)42(56)34(24-31)29-8-9-38-30(22-29)10-14-49-38)41-44(61-21-7-19-52)35-25-39(62-43(35)37(28-55)45(41)63-46)48(58,13-4-5-18-51)33-11-16-50(17-12-33)15-6-20-59-2/h8-10,22,27,32-34,39,51-53,55,58H,3-7,11-21,23-26,28H2,1-2H3/b40-31-/t32-,34-,39+,48-/m1/s1. The third-order valence-corrected chi connectivity index (χ3v) is 13.4. The minimum Gasteiger partial charge on any atom is -0.492 e. The van der Waals surface area contributed by atoms with E-state index in [9.17, 15) is 39.9 Å². The van der Waals surface area contributed by atoms with E-state index in [4.69, 9.17) is 23.7 Å². The van der Waals surface area contributed by atoms with Crippen LogP contribution in [-0.2, 0) is 36.9 Å². The Labute approximate surface area is 367 Å². The fourth-order valence-corrected chi connectivity index (χ4v) is 10.2. The number of nitrogens with zero attached hydrogens (tertiary/aromatic N) is 2. The van der Waals surface area contributed by atoms with Crippen molar-refractivity contribution in [2.24, 2.45) is 16.8 Å². The topological polar surface area (TPSA) is 214 Å². The minimum atomic E-state index is -1.36. The second kappa shape index (κ2) is 21.0. The summed E-state index contributed by atoms with van der Waals surface area (Å²) in [5.41, 5.74) is 1.04. The van der Waals surface area contributed by atoms with Crippen molar-refractivity contribution in [2.45, 2.75) is 95.4 Å². The molecule has 0 unspecified atom stereocenters. The average molecular weight is 875 g/mol. The molecule has 0 bridgehead atoms. The van der Waals surface area contributed by atoms with Crippen LogP contribution in [-0.4, -0.2) is 133 Å². The summed E-state index contributed by atoms with van der Waals surface area (Å²) in [5.74, 6) is -2.75. The summed E-state index contributed by atoms with van der Waals surface area (Å²) in [6, 6.07) is 5.66. The number of unbranched alkanes of at least 4 members (excludes halogenated alkanes) is 1. The van der Waals surface area contributed by atoms with Gasteiger partial charge in [-0.2, -0.15) is 0 Å². The van der Waals surface area contributed by atoms with E-state index >= 15 is 0 Å². The van der Waals surface area contributed by atoms with Gasteiger partial charge in [-0.3, -0.25) is 14.6 Å². The predicted octanol–water partition coefficient (Wildman–Crippen LogP) is 2.22. The highest BCUT2D eigenvalue weighted by Gasteiger charge is 2.51. The van der Waals surface area contributed by atoms with E-state index in [0.29, 0.717) is 62.7 Å². The Bertz CT molecular complexity index is 2210. The molecule has 2 aromatic carbocycles. The molecule has 4 atom stereocenters. The van der Waals surface area contributed by atoms with Crippen molar-refractivity contribution in [3.05, 3.63) is 67.9 Å². The monoisotopic (exact) mass is 874 g/mol. The molecule has 0 aromatic heterocycles. The normalized spacial score (nSPS) is 23.2. The van der Waals surface area contributed by atoms with Crippen LogP contribution in [0.3, 0.4) is 0 Å². The molecule has 342 valence electrons. The summed E-state index contributed by atoms with van der Waals surface area (Å²) in [6.07, 6.45) is 5.94. The van der Waals surface area contributed by atoms with Crippen LogP contribution < -0.4 is 24.8 Å². The number of ketones is 1. The van der Waals surface area contributed by atoms with Gasteiger partial charge in [0.25, 0.3) is 0 Å². The van der Waals surface area contributed by atoms with Crippen LogP contribution in [0, 0.1) is 11.8 Å². The van der Waals surface area contributed by atoms with Gasteiger partial charge in [0.2, 0.25) is 5.76 Å². The number of hydrogen-bond acceptors (Lipinski definition) is 15. The molecule has 0 amide bonds. The van der Waals surface area contributed by atoms with Gasteiger partial charge >= 0.3 is 5.97 Å². The number of carbonyl (C=O) groups excluding carboxylic acids is 3. The minimum absolute atomic E-state index is 0.00276. The van der Waals surface area contributed by atoms with Gasteiger partial charge in [0.15, 0.2) is 6.29 Å². The smallest absolute Gasteiger partial charge is 0.375 e. The second-order valence-electron chi connectivity index (χ2n) is 17.1. The maximum Gasteiger partial charge on any atom is 0.375 e. The third-order valence-electron chi connectivity index (χ3n) is 13.4. The Kier molecular flexibility index (Phi) is 15.5. The van der Waals surface area contributed by atoms with E-state index in [-0.39, 0.29) is 103 Å². The Morgan fingerprint density at radius 3 is 2.51 bits per heavy atom. The van der Waals surface area contributed by atoms with Gasteiger partial charge in [0.05, 0.1) is 55.0 Å². The molecule has 4 heterocycles. The number of piperidine rings is 1. The quantitative estimate of drug-likeness (QED) is 0.0734. The van der Waals surface area contributed by atoms with Crippen molar-refractivity contribution in [2.75, 3.05) is 72.9 Å². The molecule has 5 aliphatic rings. The molecule has 2 aromatic rings. The lowest BCUT2D eigenvalue weighted by Crippen LogP contribution is -2.54. The molecule has 7 rings (SSSR count). The molecule has 0 spiro atoms. The van der Waals surface area contributed by atoms with Crippen LogP contribution in [0.4, 0.5) is 0 Å². The molecular weight excluding hydrogens is 813 g/mol. The Balaban J connectivity index is 1.39. The van der Waals surface area contributed by atoms with Crippen LogP contribution in [0.1, 0.15) is 92.9 Å². The number of aldehydes is 1. The molecule has 15 heteroatoms. The highest BCUT2D eigenvalue weighted by Crippen LogP contribution is 2.57. The molecule has 1 saturated heterocycles. The number of aliphatic hydroxyl groups excluding tert-OH is 4. The van der Waals surface area contributed by atoms with Gasteiger partial charge in [0, 0.05) is 69.3 Å². The zero-order valence-electron chi connectivity index (χ0n) is 36.4. The number of aliphatic hydroxyl groups is 5. The Morgan fingerprint density at radius 1 is 1.02 bits per heavy atom. The van der Waals surface area contributed by atoms with Crippen LogP contribution in [0.5, 0.6) is 17.2 Å². The maximum absolute atomic E-state index is 14.1. The lowest BCUT2D eigenvalue weighted by Gasteiger charge is -2.44. The number of benzene rings is 2. The van der Waals surface area contributed by atoms with Crippen molar-refractivity contribution in [1.29, 1.82) is 0 Å². The van der Waals surface area contributed by atoms with Crippen LogP contribution in [0.2, 0.25) is 0 Å². The first kappa shape index (κ1) is 46.5. The molecule has 5 N–H and O–H groups in total. The lowest BCUT2D eigenvalue weighted by atomic mass is 9.71. The molecular formula is C48H62N2O13. The second-order valence-corrected chi connectivity index (χ2v) is 17.1. The molecule has 1 aliphatic carbocycles. The van der Waals surface area contributed by atoms with Gasteiger partial charge in [-0.05, 0) is 100 Å². The zero-order chi connectivity index (χ0) is 44.7. The molecule has 4 aliphatic heterocycles. The van der Waals surface area contributed by atoms with Crippen molar-refractivity contribution < 1.29 is 63.6 Å². The van der Waals surface area contributed by atoms with Gasteiger partial charge in [-0.1, -0.05) is 17.7 Å². The van der Waals surface area contributed by atoms with Gasteiger partial charge in [0.1, 0.15) is 34.7 Å². The molecule has 63 heavy (non-hydrogen) atoms. The fourth-order valence-electron chi connectivity index (χ4n) is 10.2. The number of likely N-dealkylation sites (tertiary alicyclic amines) is 1. The molecule has 1 saturated carbocycles. The predicted molar refractivity (Wildman–Crippen MR) is 231 cm³/mol. The number of Topliss-reactive ketones (excluding diaryl/α,β-unsaturated/α-hetero) is 1. The summed E-state index contributed by atoms with van der Waals surface area (Å²) in [6.45, 7) is 3.97. The maximum atomic E-state index is 14.1. The van der Waals surface area contributed by atoms with Gasteiger partial charge in [-0.15, -0.1) is 0 Å². The SMILES string of the molecule is CCOC(=O)C1=C(C=O)/C(=C2\C[C@H](CO)C(=O)[C@@H](c3ccc4c(c3)=CCN=4)C2)c2c(OCCCO)c3c(c(CO)c2O1)O[C@H]([C@@](O)(CCCCO)C1CCN(CCCOC)CC1)C3. The molecule has 15 nitrogen and oxygen atoms in total. The van der Waals surface area contributed by atoms with E-state index in [1.165, 1.54) is 0 Å². The third kappa shape index (κ3) is 9.38. The first-order chi connectivity index (χ1) is 30.6. The van der Waals surface area contributed by atoms with Crippen LogP contribution in [0.25, 0.3) is 11.6 Å². The zero-order valence-corrected chi connectivity index (χ0v) is 36.4. The number of ether oxygens (including phenoxy) is 5. The number of esters is 1. The number of rotatable bonds is 20. The lowest BCUT2D eigenvalue weighted by molar-refractivity contribution is -0.141. The van der Waals surface area contributed by atoms with Gasteiger partial charge in [-0.25, -0.2) is 4.79 Å². The van der Waals surface area contributed by atoms with Crippen molar-refractivity contribution in [1.82, 2.24) is 4.90 Å². The van der Waals surface area contributed by atoms with Crippen molar-refractivity contribution in [3.63, 3.8) is 0 Å². The summed E-state index contributed by atoms with van der Waals surface area (Å²) < 4.78 is 30.5. The Hall–Kier alpha value is -4.48. The van der Waals surface area contributed by atoms with Crippen molar-refractivity contribution in [3.8, 4) is 17.2 Å². The molecule has 2 fully saturated rings. The van der Waals surface area contributed by atoms with E-state index in [1.54, 1.807) is 14.0 Å². The van der Waals surface area contributed by atoms with E-state index < -0.39 is 48.5 Å². The number of carbonyl (C=O) groups is 3. The molecule has 0 radical (unpaired) electrons. The fraction of sp³-hybridized carbons (Fsp3) is 0.583. The number of methoxy groups -OCH3 is 1. The summed E-state index contributed by atoms with van der Waals surface area (Å²) in [7, 11) is 1.69. The van der Waals surface area contributed by atoms with Crippen molar-refractivity contribution >= 4 is 29.7 Å². The van der Waals surface area contributed by atoms with E-state index in [0.717, 1.165) is 42.2 Å². The number of fused-ring (bicyclic) bond motifs is 3. The average Bonchev–Trinajstić information content (AvgIpc) is 3.97. The first-order valence-corrected chi connectivity index (χ1v) is 22.5. The summed E-state index contributed by atoms with van der Waals surface area (Å²) in [5, 5.41) is 56.3. The number of hydrogen-bond donors (Lipinski definition) is 5. The van der Waals surface area contributed by atoms with E-state index in [2.05, 4.69) is 9.89 Å². The Morgan fingerprint density at radius 2 is 1.81 bits per heavy atom. The van der Waals surface area contributed by atoms with Crippen LogP contribution >= 0.6 is 0 Å². The van der Waals surface area contributed by atoms with Gasteiger partial charge < -0.3 is 54.1 Å². The summed E-state index contributed by atoms with van der Waals surface area (Å²) in [4.78, 5) is 48.2. The number of allylic oxidation sites excluding steroid dienone is 3. The largest absolute Gasteiger partial charge is 0.492 e.